The zero-order valence-corrected chi connectivity index (χ0v) is 8.83. The number of aromatic nitrogens is 2. The van der Waals surface area contributed by atoms with Gasteiger partial charge in [0.15, 0.2) is 0 Å². The van der Waals surface area contributed by atoms with E-state index in [0.29, 0.717) is 12.5 Å². The topological polar surface area (TPSA) is 51.8 Å². The van der Waals surface area contributed by atoms with Gasteiger partial charge in [-0.3, -0.25) is 0 Å². The van der Waals surface area contributed by atoms with Gasteiger partial charge in [-0.2, -0.15) is 0 Å². The SMILES string of the molecule is Cc1cc(C2CC2)nc(C(C)CN)n1. The van der Waals surface area contributed by atoms with E-state index >= 15 is 0 Å². The summed E-state index contributed by atoms with van der Waals surface area (Å²) in [6.45, 7) is 4.72. The van der Waals surface area contributed by atoms with Crippen molar-refractivity contribution < 1.29 is 0 Å². The van der Waals surface area contributed by atoms with Crippen molar-refractivity contribution in [3.63, 3.8) is 0 Å². The molecule has 3 nitrogen and oxygen atoms in total. The molecule has 0 spiro atoms. The summed E-state index contributed by atoms with van der Waals surface area (Å²) in [5.41, 5.74) is 7.90. The number of hydrogen-bond acceptors (Lipinski definition) is 3. The van der Waals surface area contributed by atoms with Gasteiger partial charge < -0.3 is 5.73 Å². The molecule has 1 unspecified atom stereocenters. The van der Waals surface area contributed by atoms with Crippen molar-refractivity contribution in [1.29, 1.82) is 0 Å². The van der Waals surface area contributed by atoms with Crippen LogP contribution < -0.4 is 5.73 Å². The highest BCUT2D eigenvalue weighted by atomic mass is 14.9. The van der Waals surface area contributed by atoms with Crippen molar-refractivity contribution in [1.82, 2.24) is 9.97 Å². The van der Waals surface area contributed by atoms with E-state index in [0.717, 1.165) is 11.5 Å². The normalized spacial score (nSPS) is 18.2. The third kappa shape index (κ3) is 1.93. The van der Waals surface area contributed by atoms with Crippen LogP contribution in [0.15, 0.2) is 6.07 Å². The Labute approximate surface area is 84.8 Å². The molecule has 1 heterocycles. The van der Waals surface area contributed by atoms with Crippen molar-refractivity contribution in [3.05, 3.63) is 23.3 Å². The highest BCUT2D eigenvalue weighted by Gasteiger charge is 2.26. The molecule has 0 aliphatic heterocycles. The van der Waals surface area contributed by atoms with Crippen LogP contribution in [-0.4, -0.2) is 16.5 Å². The van der Waals surface area contributed by atoms with E-state index in [1.165, 1.54) is 18.5 Å². The maximum atomic E-state index is 5.62. The molecule has 2 N–H and O–H groups in total. The Kier molecular flexibility index (Phi) is 2.50. The maximum Gasteiger partial charge on any atom is 0.132 e. The summed E-state index contributed by atoms with van der Waals surface area (Å²) in [6, 6.07) is 2.10. The molecule has 1 atom stereocenters. The summed E-state index contributed by atoms with van der Waals surface area (Å²) in [6.07, 6.45) is 2.57. The predicted octanol–water partition coefficient (Wildman–Crippen LogP) is 1.72. The van der Waals surface area contributed by atoms with Gasteiger partial charge in [0.05, 0.1) is 0 Å². The van der Waals surface area contributed by atoms with Gasteiger partial charge in [-0.25, -0.2) is 9.97 Å². The van der Waals surface area contributed by atoms with E-state index in [1.54, 1.807) is 0 Å². The van der Waals surface area contributed by atoms with Crippen LogP contribution in [-0.2, 0) is 0 Å². The number of nitrogens with two attached hydrogens (primary N) is 1. The molecule has 1 aromatic heterocycles. The minimum absolute atomic E-state index is 0.271. The first kappa shape index (κ1) is 9.59. The Morgan fingerprint density at radius 3 is 2.79 bits per heavy atom. The van der Waals surface area contributed by atoms with Gasteiger partial charge in [0.1, 0.15) is 5.82 Å². The van der Waals surface area contributed by atoms with E-state index in [9.17, 15) is 0 Å². The van der Waals surface area contributed by atoms with Crippen LogP contribution in [0.5, 0.6) is 0 Å². The standard InChI is InChI=1S/C11H17N3/c1-7(6-12)11-13-8(2)5-10(14-11)9-3-4-9/h5,7,9H,3-4,6,12H2,1-2H3. The number of aryl methyl sites for hydroxylation is 1. The van der Waals surface area contributed by atoms with Gasteiger partial charge in [-0.1, -0.05) is 6.92 Å². The highest BCUT2D eigenvalue weighted by Crippen LogP contribution is 2.39. The minimum Gasteiger partial charge on any atom is -0.330 e. The molecular weight excluding hydrogens is 174 g/mol. The maximum absolute atomic E-state index is 5.62. The molecule has 0 saturated heterocycles. The molecule has 2 rings (SSSR count). The lowest BCUT2D eigenvalue weighted by Gasteiger charge is -2.09. The lowest BCUT2D eigenvalue weighted by molar-refractivity contribution is 0.696. The van der Waals surface area contributed by atoms with E-state index in [2.05, 4.69) is 23.0 Å². The van der Waals surface area contributed by atoms with Gasteiger partial charge in [0.2, 0.25) is 0 Å². The van der Waals surface area contributed by atoms with Crippen LogP contribution in [0.4, 0.5) is 0 Å². The molecule has 1 fully saturated rings. The van der Waals surface area contributed by atoms with Crippen molar-refractivity contribution >= 4 is 0 Å². The van der Waals surface area contributed by atoms with Crippen molar-refractivity contribution in [2.75, 3.05) is 6.54 Å². The molecule has 3 heteroatoms. The molecule has 0 aromatic carbocycles. The van der Waals surface area contributed by atoms with E-state index < -0.39 is 0 Å². The van der Waals surface area contributed by atoms with Gasteiger partial charge >= 0.3 is 0 Å². The fraction of sp³-hybridized carbons (Fsp3) is 0.636. The van der Waals surface area contributed by atoms with Crippen molar-refractivity contribution in [2.45, 2.75) is 38.5 Å². The van der Waals surface area contributed by atoms with Crippen LogP contribution in [0.2, 0.25) is 0 Å². The van der Waals surface area contributed by atoms with Crippen molar-refractivity contribution in [3.8, 4) is 0 Å². The zero-order valence-electron chi connectivity index (χ0n) is 8.83. The fourth-order valence-corrected chi connectivity index (χ4v) is 1.53. The lowest BCUT2D eigenvalue weighted by atomic mass is 10.1. The summed E-state index contributed by atoms with van der Waals surface area (Å²) in [5, 5.41) is 0. The van der Waals surface area contributed by atoms with E-state index in [-0.39, 0.29) is 5.92 Å². The van der Waals surface area contributed by atoms with Crippen molar-refractivity contribution in [2.24, 2.45) is 5.73 Å². The summed E-state index contributed by atoms with van der Waals surface area (Å²) in [5.74, 6) is 1.88. The Morgan fingerprint density at radius 2 is 2.21 bits per heavy atom. The zero-order chi connectivity index (χ0) is 10.1. The summed E-state index contributed by atoms with van der Waals surface area (Å²) < 4.78 is 0. The first-order chi connectivity index (χ1) is 6.70. The summed E-state index contributed by atoms with van der Waals surface area (Å²) in [7, 11) is 0. The van der Waals surface area contributed by atoms with Gasteiger partial charge in [-0.05, 0) is 25.8 Å². The second-order valence-corrected chi connectivity index (χ2v) is 4.20. The molecule has 14 heavy (non-hydrogen) atoms. The third-order valence-electron chi connectivity index (χ3n) is 2.68. The van der Waals surface area contributed by atoms with Crippen LogP contribution in [0.3, 0.4) is 0 Å². The van der Waals surface area contributed by atoms with E-state index in [4.69, 9.17) is 5.73 Å². The second kappa shape index (κ2) is 3.65. The smallest absolute Gasteiger partial charge is 0.132 e. The molecule has 1 aromatic rings. The molecule has 0 bridgehead atoms. The summed E-state index contributed by atoms with van der Waals surface area (Å²) >= 11 is 0. The fourth-order valence-electron chi connectivity index (χ4n) is 1.53. The van der Waals surface area contributed by atoms with Gasteiger partial charge in [-0.15, -0.1) is 0 Å². The lowest BCUT2D eigenvalue weighted by Crippen LogP contribution is -2.13. The molecule has 1 aliphatic rings. The largest absolute Gasteiger partial charge is 0.330 e. The molecule has 1 aliphatic carbocycles. The van der Waals surface area contributed by atoms with E-state index in [1.807, 2.05) is 6.92 Å². The minimum atomic E-state index is 0.271. The van der Waals surface area contributed by atoms with Crippen LogP contribution in [0.25, 0.3) is 0 Å². The monoisotopic (exact) mass is 191 g/mol. The predicted molar refractivity (Wildman–Crippen MR) is 56.2 cm³/mol. The second-order valence-electron chi connectivity index (χ2n) is 4.20. The highest BCUT2D eigenvalue weighted by molar-refractivity contribution is 5.19. The number of hydrogen-bond donors (Lipinski definition) is 1. The average Bonchev–Trinajstić information content (AvgIpc) is 2.98. The van der Waals surface area contributed by atoms with Crippen LogP contribution >= 0.6 is 0 Å². The van der Waals surface area contributed by atoms with Gasteiger partial charge in [0, 0.05) is 29.8 Å². The van der Waals surface area contributed by atoms with Gasteiger partial charge in [0.25, 0.3) is 0 Å². The number of nitrogens with zero attached hydrogens (tertiary/aromatic N) is 2. The van der Waals surface area contributed by atoms with Crippen LogP contribution in [0, 0.1) is 6.92 Å². The average molecular weight is 191 g/mol. The molecule has 0 amide bonds. The molecule has 0 radical (unpaired) electrons. The van der Waals surface area contributed by atoms with Crippen LogP contribution in [0.1, 0.15) is 48.8 Å². The third-order valence-corrected chi connectivity index (χ3v) is 2.68. The molecular formula is C11H17N3. The quantitative estimate of drug-likeness (QED) is 0.791. The summed E-state index contributed by atoms with van der Waals surface area (Å²) in [4.78, 5) is 9.00. The Balaban J connectivity index is 2.30. The first-order valence-corrected chi connectivity index (χ1v) is 5.26. The first-order valence-electron chi connectivity index (χ1n) is 5.26. The Bertz CT molecular complexity index is 331. The number of rotatable bonds is 3. The molecule has 76 valence electrons. The Morgan fingerprint density at radius 1 is 1.50 bits per heavy atom. The Hall–Kier alpha value is -0.960. The molecule has 1 saturated carbocycles.